The number of likely N-dealkylation sites (tertiary alicyclic amines) is 1. The number of aromatic nitrogens is 4. The fourth-order valence-electron chi connectivity index (χ4n) is 8.90. The number of anilines is 1. The predicted octanol–water partition coefficient (Wildman–Crippen LogP) is 7.68. The van der Waals surface area contributed by atoms with Crippen LogP contribution in [0.15, 0.2) is 42.9 Å². The van der Waals surface area contributed by atoms with Crippen molar-refractivity contribution in [3.8, 4) is 17.0 Å². The Hall–Kier alpha value is -3.95. The number of carbonyl (C=O) groups excluding carboxylic acids is 2. The van der Waals surface area contributed by atoms with E-state index in [9.17, 15) is 9.59 Å². The summed E-state index contributed by atoms with van der Waals surface area (Å²) >= 11 is 0. The first-order valence-electron chi connectivity index (χ1n) is 18.7. The SMILES string of the molecule is COc1ccc(C23CCC(CN(c4nccc(-c5cnn(C(C)(C)C)c5)n4)C(=O)[C@H]4CC[C@H](OC(=O)N5CC(C)C5)CC4)(CC2)CC3)cc1C. The molecule has 2 aromatic heterocycles. The van der Waals surface area contributed by atoms with Crippen molar-refractivity contribution in [2.75, 3.05) is 31.6 Å². The number of fused-ring (bicyclic) bond motifs is 3. The monoisotopic (exact) mass is 682 g/mol. The minimum atomic E-state index is -0.214. The summed E-state index contributed by atoms with van der Waals surface area (Å²) in [6.07, 6.45) is 14.6. The van der Waals surface area contributed by atoms with Gasteiger partial charge in [-0.05, 0) is 132 Å². The molecule has 1 saturated heterocycles. The van der Waals surface area contributed by atoms with Crippen molar-refractivity contribution in [3.63, 3.8) is 0 Å². The van der Waals surface area contributed by atoms with Crippen molar-refractivity contribution in [1.82, 2.24) is 24.6 Å². The highest BCUT2D eigenvalue weighted by atomic mass is 16.6. The maximum Gasteiger partial charge on any atom is 0.410 e. The number of hydrogen-bond donors (Lipinski definition) is 0. The third kappa shape index (κ3) is 6.74. The molecule has 5 aliphatic rings. The minimum Gasteiger partial charge on any atom is -0.496 e. The maximum absolute atomic E-state index is 14.6. The average Bonchev–Trinajstić information content (AvgIpc) is 3.62. The van der Waals surface area contributed by atoms with Crippen LogP contribution in [-0.2, 0) is 20.5 Å². The first-order chi connectivity index (χ1) is 23.9. The Bertz CT molecular complexity index is 1690. The molecule has 5 fully saturated rings. The molecular weight excluding hydrogens is 628 g/mol. The Morgan fingerprint density at radius 1 is 1.00 bits per heavy atom. The molecule has 0 N–H and O–H groups in total. The first kappa shape index (κ1) is 34.5. The highest BCUT2D eigenvalue weighted by molar-refractivity contribution is 5.93. The van der Waals surface area contributed by atoms with E-state index < -0.39 is 0 Å². The van der Waals surface area contributed by atoms with Crippen molar-refractivity contribution in [3.05, 3.63) is 54.0 Å². The molecule has 2 amide bonds. The van der Waals surface area contributed by atoms with Gasteiger partial charge in [-0.3, -0.25) is 14.4 Å². The number of methoxy groups -OCH3 is 1. The number of benzene rings is 1. The fourth-order valence-corrected chi connectivity index (χ4v) is 8.90. The molecule has 8 rings (SSSR count). The van der Waals surface area contributed by atoms with Crippen molar-refractivity contribution in [2.45, 2.75) is 116 Å². The van der Waals surface area contributed by atoms with Gasteiger partial charge in [0, 0.05) is 43.5 Å². The molecule has 50 heavy (non-hydrogen) atoms. The Balaban J connectivity index is 1.10. The molecule has 1 aliphatic heterocycles. The number of carbonyl (C=O) groups is 2. The van der Waals surface area contributed by atoms with Crippen LogP contribution in [0.5, 0.6) is 5.75 Å². The Labute approximate surface area is 296 Å². The molecular formula is C40H54N6O4. The normalized spacial score (nSPS) is 26.7. The molecule has 2 bridgehead atoms. The summed E-state index contributed by atoms with van der Waals surface area (Å²) in [7, 11) is 1.73. The molecule has 268 valence electrons. The van der Waals surface area contributed by atoms with Gasteiger partial charge in [0.25, 0.3) is 0 Å². The zero-order valence-electron chi connectivity index (χ0n) is 30.8. The topological polar surface area (TPSA) is 103 Å². The number of aryl methyl sites for hydroxylation is 1. The summed E-state index contributed by atoms with van der Waals surface area (Å²) in [5.41, 5.74) is 4.32. The molecule has 3 heterocycles. The lowest BCUT2D eigenvalue weighted by Gasteiger charge is -2.55. The summed E-state index contributed by atoms with van der Waals surface area (Å²) in [4.78, 5) is 40.7. The zero-order valence-corrected chi connectivity index (χ0v) is 30.8. The minimum absolute atomic E-state index is 0.0243. The first-order valence-corrected chi connectivity index (χ1v) is 18.7. The van der Waals surface area contributed by atoms with Crippen LogP contribution in [0.2, 0.25) is 0 Å². The molecule has 1 aromatic carbocycles. The predicted molar refractivity (Wildman–Crippen MR) is 193 cm³/mol. The van der Waals surface area contributed by atoms with E-state index >= 15 is 0 Å². The molecule has 0 spiro atoms. The van der Waals surface area contributed by atoms with Gasteiger partial charge >= 0.3 is 6.09 Å². The lowest BCUT2D eigenvalue weighted by Crippen LogP contribution is -2.52. The van der Waals surface area contributed by atoms with Gasteiger partial charge in [0.05, 0.1) is 24.5 Å². The lowest BCUT2D eigenvalue weighted by molar-refractivity contribution is -0.124. The second-order valence-electron chi connectivity index (χ2n) is 16.8. The summed E-state index contributed by atoms with van der Waals surface area (Å²) in [5, 5.41) is 4.60. The van der Waals surface area contributed by atoms with E-state index in [1.54, 1.807) is 18.2 Å². The smallest absolute Gasteiger partial charge is 0.410 e. The second-order valence-corrected chi connectivity index (χ2v) is 16.8. The largest absolute Gasteiger partial charge is 0.496 e. The van der Waals surface area contributed by atoms with Crippen molar-refractivity contribution >= 4 is 17.9 Å². The van der Waals surface area contributed by atoms with Crippen LogP contribution in [0.1, 0.15) is 103 Å². The van der Waals surface area contributed by atoms with Gasteiger partial charge in [-0.15, -0.1) is 0 Å². The van der Waals surface area contributed by atoms with Crippen LogP contribution in [0.25, 0.3) is 11.3 Å². The Kier molecular flexibility index (Phi) is 9.18. The summed E-state index contributed by atoms with van der Waals surface area (Å²) in [6, 6.07) is 8.61. The van der Waals surface area contributed by atoms with E-state index in [4.69, 9.17) is 19.4 Å². The Morgan fingerprint density at radius 3 is 2.30 bits per heavy atom. The standard InChI is InChI=1S/C40H54N6O4/c1-27-23-44(24-27)37(48)50-32-10-7-29(8-11-32)35(47)45(36-41-20-13-33(43-36)30-22-42-46(25-30)38(3,4)5)26-39-14-17-40(18-15-39,19-16-39)31-9-12-34(49-6)28(2)21-31/h9,12-13,20-22,25,27,29,32H,7-8,10-11,14-19,23-24,26H2,1-6H3/t29-,32-,39?,40?. The van der Waals surface area contributed by atoms with Crippen LogP contribution in [0.3, 0.4) is 0 Å². The maximum atomic E-state index is 14.6. The highest BCUT2D eigenvalue weighted by Gasteiger charge is 2.51. The third-order valence-electron chi connectivity index (χ3n) is 12.2. The molecule has 10 heteroatoms. The van der Waals surface area contributed by atoms with Crippen molar-refractivity contribution < 1.29 is 19.1 Å². The van der Waals surface area contributed by atoms with Crippen LogP contribution < -0.4 is 9.64 Å². The van der Waals surface area contributed by atoms with Crippen LogP contribution in [-0.4, -0.2) is 69.5 Å². The van der Waals surface area contributed by atoms with E-state index in [2.05, 4.69) is 57.9 Å². The number of rotatable bonds is 8. The molecule has 4 saturated carbocycles. The van der Waals surface area contributed by atoms with Crippen molar-refractivity contribution in [1.29, 1.82) is 0 Å². The van der Waals surface area contributed by atoms with E-state index in [-0.39, 0.29) is 40.4 Å². The molecule has 0 unspecified atom stereocenters. The fraction of sp³-hybridized carbons (Fsp3) is 0.625. The molecule has 4 aliphatic carbocycles. The number of ether oxygens (including phenoxy) is 2. The van der Waals surface area contributed by atoms with Gasteiger partial charge < -0.3 is 14.4 Å². The molecule has 3 aromatic rings. The van der Waals surface area contributed by atoms with Crippen LogP contribution in [0.4, 0.5) is 10.7 Å². The third-order valence-corrected chi connectivity index (χ3v) is 12.2. The van der Waals surface area contributed by atoms with E-state index in [1.807, 2.05) is 28.0 Å². The molecule has 10 nitrogen and oxygen atoms in total. The van der Waals surface area contributed by atoms with Gasteiger partial charge in [-0.25, -0.2) is 14.8 Å². The van der Waals surface area contributed by atoms with Gasteiger partial charge in [0.15, 0.2) is 0 Å². The van der Waals surface area contributed by atoms with Gasteiger partial charge in [0.2, 0.25) is 11.9 Å². The summed E-state index contributed by atoms with van der Waals surface area (Å²) in [6.45, 7) is 12.8. The summed E-state index contributed by atoms with van der Waals surface area (Å²) in [5.74, 6) is 1.88. The van der Waals surface area contributed by atoms with Crippen LogP contribution >= 0.6 is 0 Å². The van der Waals surface area contributed by atoms with E-state index in [1.165, 1.54) is 11.1 Å². The van der Waals surface area contributed by atoms with E-state index in [0.29, 0.717) is 44.1 Å². The summed E-state index contributed by atoms with van der Waals surface area (Å²) < 4.78 is 13.4. The number of amides is 2. The van der Waals surface area contributed by atoms with Crippen LogP contribution in [0, 0.1) is 24.2 Å². The quantitative estimate of drug-likeness (QED) is 0.240. The molecule has 0 radical (unpaired) electrons. The van der Waals surface area contributed by atoms with Gasteiger partial charge in [0.1, 0.15) is 11.9 Å². The average molecular weight is 683 g/mol. The van der Waals surface area contributed by atoms with Gasteiger partial charge in [-0.2, -0.15) is 5.10 Å². The number of hydrogen-bond acceptors (Lipinski definition) is 7. The van der Waals surface area contributed by atoms with Crippen molar-refractivity contribution in [2.24, 2.45) is 17.3 Å². The lowest BCUT2D eigenvalue weighted by atomic mass is 9.51. The zero-order chi connectivity index (χ0) is 35.3. The number of nitrogens with zero attached hydrogens (tertiary/aromatic N) is 6. The second kappa shape index (κ2) is 13.3. The van der Waals surface area contributed by atoms with Gasteiger partial charge in [-0.1, -0.05) is 19.1 Å². The van der Waals surface area contributed by atoms with E-state index in [0.717, 1.165) is 68.6 Å². The Morgan fingerprint density at radius 2 is 1.70 bits per heavy atom. The highest BCUT2D eigenvalue weighted by Crippen LogP contribution is 2.58. The molecule has 0 atom stereocenters.